The maximum atomic E-state index is 10.4. The maximum Gasteiger partial charge on any atom is 0.271 e. The number of hydrogen-bond acceptors (Lipinski definition) is 4. The summed E-state index contributed by atoms with van der Waals surface area (Å²) < 4.78 is 24.9. The molecule has 5 nitrogen and oxygen atoms in total. The summed E-state index contributed by atoms with van der Waals surface area (Å²) in [4.78, 5) is 9.68. The predicted molar refractivity (Wildman–Crippen MR) is 48.4 cm³/mol. The van der Waals surface area contributed by atoms with Gasteiger partial charge in [-0.15, -0.1) is 0 Å². The lowest BCUT2D eigenvalue weighted by molar-refractivity contribution is -0.109. The Morgan fingerprint density at radius 1 is 1.54 bits per heavy atom. The number of hydrogen-bond donors (Lipinski definition) is 1. The van der Waals surface area contributed by atoms with Crippen LogP contribution in [0.15, 0.2) is 12.3 Å². The molecular formula is C7H13NO4S. The number of carbonyl (C=O) groups excluding carboxylic acids is 1. The van der Waals surface area contributed by atoms with Gasteiger partial charge >= 0.3 is 0 Å². The average molecular weight is 207 g/mol. The van der Waals surface area contributed by atoms with Crippen LogP contribution >= 0.6 is 0 Å². The first-order valence-electron chi connectivity index (χ1n) is 3.71. The SMILES string of the molecule is C=C1NC1=O.CCCS(=O)(=O)OC. The van der Waals surface area contributed by atoms with E-state index in [0.29, 0.717) is 12.1 Å². The van der Waals surface area contributed by atoms with Crippen LogP contribution in [0.5, 0.6) is 0 Å². The first kappa shape index (κ1) is 12.1. The first-order valence-corrected chi connectivity index (χ1v) is 5.29. The molecule has 1 rings (SSSR count). The maximum absolute atomic E-state index is 10.4. The van der Waals surface area contributed by atoms with Crippen molar-refractivity contribution in [1.82, 2.24) is 5.32 Å². The lowest BCUT2D eigenvalue weighted by atomic mass is 10.6. The molecular weight excluding hydrogens is 194 g/mol. The van der Waals surface area contributed by atoms with E-state index in [1.807, 2.05) is 0 Å². The van der Waals surface area contributed by atoms with Gasteiger partial charge in [-0.1, -0.05) is 13.5 Å². The Labute approximate surface area is 77.9 Å². The summed E-state index contributed by atoms with van der Waals surface area (Å²) in [5.74, 6) is 0.0914. The summed E-state index contributed by atoms with van der Waals surface area (Å²) in [5.41, 5.74) is 0.532. The normalized spacial score (nSPS) is 14.3. The molecule has 0 atom stereocenters. The van der Waals surface area contributed by atoms with E-state index in [9.17, 15) is 13.2 Å². The first-order chi connectivity index (χ1) is 5.93. The molecule has 1 aliphatic rings. The van der Waals surface area contributed by atoms with E-state index in [0.717, 1.165) is 0 Å². The van der Waals surface area contributed by atoms with Gasteiger partial charge in [-0.05, 0) is 6.42 Å². The van der Waals surface area contributed by atoms with Crippen molar-refractivity contribution in [3.05, 3.63) is 12.3 Å². The minimum Gasteiger partial charge on any atom is -0.317 e. The molecule has 0 radical (unpaired) electrons. The smallest absolute Gasteiger partial charge is 0.271 e. The van der Waals surface area contributed by atoms with E-state index in [1.54, 1.807) is 6.92 Å². The molecule has 0 bridgehead atoms. The molecule has 6 heteroatoms. The molecule has 1 heterocycles. The zero-order valence-electron chi connectivity index (χ0n) is 7.66. The van der Waals surface area contributed by atoms with Crippen LogP contribution in [0.2, 0.25) is 0 Å². The van der Waals surface area contributed by atoms with Crippen LogP contribution in [0.4, 0.5) is 0 Å². The Hall–Kier alpha value is -0.880. The second-order valence-corrected chi connectivity index (χ2v) is 4.22. The van der Waals surface area contributed by atoms with Crippen molar-refractivity contribution in [3.63, 3.8) is 0 Å². The van der Waals surface area contributed by atoms with Gasteiger partial charge < -0.3 is 5.32 Å². The van der Waals surface area contributed by atoms with Crippen molar-refractivity contribution < 1.29 is 17.4 Å². The van der Waals surface area contributed by atoms with Gasteiger partial charge in [0.25, 0.3) is 16.0 Å². The van der Waals surface area contributed by atoms with Crippen molar-refractivity contribution in [3.8, 4) is 0 Å². The molecule has 1 amide bonds. The fourth-order valence-corrected chi connectivity index (χ4v) is 1.11. The van der Waals surface area contributed by atoms with Crippen LogP contribution in [0.3, 0.4) is 0 Å². The molecule has 0 aromatic carbocycles. The third kappa shape index (κ3) is 6.30. The summed E-state index contributed by atoms with van der Waals surface area (Å²) in [6, 6.07) is 0. The zero-order valence-corrected chi connectivity index (χ0v) is 8.48. The lowest BCUT2D eigenvalue weighted by Crippen LogP contribution is -2.05. The summed E-state index contributed by atoms with van der Waals surface area (Å²) in [6.07, 6.45) is 0.607. The number of amides is 1. The predicted octanol–water partition coefficient (Wildman–Crippen LogP) is 0.00250. The van der Waals surface area contributed by atoms with Crippen LogP contribution in [-0.2, 0) is 19.1 Å². The van der Waals surface area contributed by atoms with Crippen LogP contribution in [0.1, 0.15) is 13.3 Å². The minimum atomic E-state index is -3.17. The average Bonchev–Trinajstić information content (AvgIpc) is 2.66. The number of carbonyl (C=O) groups is 1. The van der Waals surface area contributed by atoms with Crippen molar-refractivity contribution in [1.29, 1.82) is 0 Å². The monoisotopic (exact) mass is 207 g/mol. The number of rotatable bonds is 3. The van der Waals surface area contributed by atoms with Crippen molar-refractivity contribution in [2.75, 3.05) is 12.9 Å². The van der Waals surface area contributed by atoms with E-state index in [2.05, 4.69) is 16.1 Å². The van der Waals surface area contributed by atoms with Crippen LogP contribution in [-0.4, -0.2) is 27.2 Å². The van der Waals surface area contributed by atoms with Gasteiger partial charge in [0.1, 0.15) is 0 Å². The summed E-state index contributed by atoms with van der Waals surface area (Å²) in [6.45, 7) is 5.08. The Kier molecular flexibility index (Phi) is 4.64. The van der Waals surface area contributed by atoms with E-state index < -0.39 is 10.1 Å². The minimum absolute atomic E-state index is 0.0231. The fourth-order valence-electron chi connectivity index (χ4n) is 0.439. The zero-order chi connectivity index (χ0) is 10.5. The molecule has 1 aliphatic heterocycles. The Balaban J connectivity index is 0.000000243. The lowest BCUT2D eigenvalue weighted by Gasteiger charge is -1.94. The molecule has 0 aromatic rings. The second kappa shape index (κ2) is 4.98. The van der Waals surface area contributed by atoms with E-state index in [4.69, 9.17) is 0 Å². The highest BCUT2D eigenvalue weighted by molar-refractivity contribution is 7.86. The highest BCUT2D eigenvalue weighted by Crippen LogP contribution is 1.96. The largest absolute Gasteiger partial charge is 0.317 e. The molecule has 1 saturated heterocycles. The van der Waals surface area contributed by atoms with Crippen LogP contribution < -0.4 is 5.32 Å². The summed E-state index contributed by atoms with van der Waals surface area (Å²) in [7, 11) is -2.00. The van der Waals surface area contributed by atoms with Crippen molar-refractivity contribution >= 4 is 16.0 Å². The standard InChI is InChI=1S/C4H10O3S.C3H3NO/c1-3-4-8(5,6)7-2;1-2-3(5)4-2/h3-4H2,1-2H3;1H2,(H,4,5). The Morgan fingerprint density at radius 2 is 1.92 bits per heavy atom. The van der Waals surface area contributed by atoms with E-state index in [1.165, 1.54) is 7.11 Å². The fraction of sp³-hybridized carbons (Fsp3) is 0.571. The molecule has 1 N–H and O–H groups in total. The van der Waals surface area contributed by atoms with Gasteiger partial charge in [0, 0.05) is 0 Å². The molecule has 1 fully saturated rings. The third-order valence-corrected chi connectivity index (χ3v) is 2.60. The quantitative estimate of drug-likeness (QED) is 0.401. The molecule has 0 saturated carbocycles. The Bertz CT molecular complexity index is 282. The van der Waals surface area contributed by atoms with E-state index in [-0.39, 0.29) is 11.7 Å². The third-order valence-electron chi connectivity index (χ3n) is 1.18. The molecule has 0 aromatic heterocycles. The molecule has 13 heavy (non-hydrogen) atoms. The van der Waals surface area contributed by atoms with Gasteiger partial charge in [-0.3, -0.25) is 8.98 Å². The highest BCUT2D eigenvalue weighted by atomic mass is 32.2. The van der Waals surface area contributed by atoms with Crippen molar-refractivity contribution in [2.24, 2.45) is 0 Å². The second-order valence-electron chi connectivity index (χ2n) is 2.36. The Morgan fingerprint density at radius 3 is 2.00 bits per heavy atom. The van der Waals surface area contributed by atoms with Gasteiger partial charge in [0.15, 0.2) is 0 Å². The topological polar surface area (TPSA) is 82.4 Å². The molecule has 0 unspecified atom stereocenters. The molecule has 0 aliphatic carbocycles. The van der Waals surface area contributed by atoms with Crippen LogP contribution in [0.25, 0.3) is 0 Å². The summed E-state index contributed by atoms with van der Waals surface area (Å²) in [5, 5.41) is 2.36. The van der Waals surface area contributed by atoms with Gasteiger partial charge in [0.05, 0.1) is 18.6 Å². The van der Waals surface area contributed by atoms with Gasteiger partial charge in [0.2, 0.25) is 0 Å². The summed E-state index contributed by atoms with van der Waals surface area (Å²) >= 11 is 0. The highest BCUT2D eigenvalue weighted by Gasteiger charge is 2.20. The molecule has 76 valence electrons. The van der Waals surface area contributed by atoms with Gasteiger partial charge in [-0.2, -0.15) is 8.42 Å². The van der Waals surface area contributed by atoms with Crippen molar-refractivity contribution in [2.45, 2.75) is 13.3 Å². The number of nitrogens with one attached hydrogen (secondary N) is 1. The van der Waals surface area contributed by atoms with E-state index >= 15 is 0 Å². The molecule has 0 spiro atoms. The van der Waals surface area contributed by atoms with Gasteiger partial charge in [-0.25, -0.2) is 0 Å². The van der Waals surface area contributed by atoms with Crippen LogP contribution in [0, 0.1) is 0 Å².